The fourth-order valence-corrected chi connectivity index (χ4v) is 2.51. The third-order valence-corrected chi connectivity index (χ3v) is 3.68. The molecule has 0 aliphatic carbocycles. The molecule has 0 bridgehead atoms. The summed E-state index contributed by atoms with van der Waals surface area (Å²) < 4.78 is 50.2. The van der Waals surface area contributed by atoms with Gasteiger partial charge in [0.05, 0.1) is 9.40 Å². The highest BCUT2D eigenvalue weighted by molar-refractivity contribution is 9.10. The van der Waals surface area contributed by atoms with Crippen molar-refractivity contribution in [3.8, 4) is 5.75 Å². The maximum absolute atomic E-state index is 12.2. The van der Waals surface area contributed by atoms with Gasteiger partial charge in [-0.05, 0) is 28.1 Å². The van der Waals surface area contributed by atoms with E-state index in [1.807, 2.05) is 0 Å². The zero-order valence-corrected chi connectivity index (χ0v) is 11.3. The van der Waals surface area contributed by atoms with E-state index in [4.69, 9.17) is 10.7 Å². The number of nitrogens with zero attached hydrogens (tertiary/aromatic N) is 1. The zero-order chi connectivity index (χ0) is 14.1. The van der Waals surface area contributed by atoms with Crippen LogP contribution in [0.3, 0.4) is 0 Å². The molecule has 11 heteroatoms. The van der Waals surface area contributed by atoms with Gasteiger partial charge in [0.1, 0.15) is 4.90 Å². The molecule has 0 N–H and O–H groups in total. The molecule has 0 aliphatic heterocycles. The fourth-order valence-electron chi connectivity index (χ4n) is 1.09. The van der Waals surface area contributed by atoms with Gasteiger partial charge < -0.3 is 4.74 Å². The minimum absolute atomic E-state index is 0.216. The first kappa shape index (κ1) is 15.1. The second kappa shape index (κ2) is 5.33. The van der Waals surface area contributed by atoms with E-state index in [9.17, 15) is 27.3 Å². The summed E-state index contributed by atoms with van der Waals surface area (Å²) in [6, 6.07) is 1.81. The number of rotatable bonds is 4. The summed E-state index contributed by atoms with van der Waals surface area (Å²) in [6.07, 6.45) is 0. The minimum atomic E-state index is -4.46. The zero-order valence-electron chi connectivity index (χ0n) is 8.14. The predicted octanol–water partition coefficient (Wildman–Crippen LogP) is 2.89. The van der Waals surface area contributed by atoms with Crippen molar-refractivity contribution >= 4 is 41.4 Å². The number of nitro benzene ring substituents is 1. The fraction of sp³-hybridized carbons (Fsp3) is 0.143. The molecule has 0 unspecified atom stereocenters. The van der Waals surface area contributed by atoms with Crippen LogP contribution in [0.2, 0.25) is 0 Å². The summed E-state index contributed by atoms with van der Waals surface area (Å²) >= 11 is 2.73. The first-order chi connectivity index (χ1) is 8.14. The molecule has 0 aliphatic rings. The Hall–Kier alpha value is -1.00. The van der Waals surface area contributed by atoms with Crippen molar-refractivity contribution in [2.45, 2.75) is 11.5 Å². The van der Waals surface area contributed by atoms with Gasteiger partial charge in [-0.3, -0.25) is 10.1 Å². The SMILES string of the molecule is O=[N+]([O-])c1c(Br)ccc(S(=O)(=O)Cl)c1OC(F)F. The molecule has 0 aromatic heterocycles. The molecular formula is C7H3BrClF2NO5S. The first-order valence-electron chi connectivity index (χ1n) is 4.01. The molecule has 0 amide bonds. The number of hydrogen-bond donors (Lipinski definition) is 0. The van der Waals surface area contributed by atoms with E-state index in [1.54, 1.807) is 0 Å². The van der Waals surface area contributed by atoms with Crippen molar-refractivity contribution in [2.24, 2.45) is 0 Å². The Balaban J connectivity index is 3.65. The molecule has 1 rings (SSSR count). The van der Waals surface area contributed by atoms with E-state index in [0.29, 0.717) is 0 Å². The molecule has 0 saturated carbocycles. The Kier molecular flexibility index (Phi) is 4.46. The Morgan fingerprint density at radius 2 is 2.00 bits per heavy atom. The first-order valence-corrected chi connectivity index (χ1v) is 7.11. The average molecular weight is 367 g/mol. The van der Waals surface area contributed by atoms with Crippen LogP contribution in [-0.2, 0) is 9.05 Å². The Morgan fingerprint density at radius 1 is 1.44 bits per heavy atom. The van der Waals surface area contributed by atoms with Crippen LogP contribution in [0.5, 0.6) is 5.75 Å². The van der Waals surface area contributed by atoms with Crippen LogP contribution in [-0.4, -0.2) is 20.0 Å². The average Bonchev–Trinajstić information content (AvgIpc) is 2.13. The van der Waals surface area contributed by atoms with Gasteiger partial charge in [-0.1, -0.05) is 0 Å². The lowest BCUT2D eigenvalue weighted by Gasteiger charge is -2.09. The van der Waals surface area contributed by atoms with Crippen molar-refractivity contribution in [3.05, 3.63) is 26.7 Å². The molecular weight excluding hydrogens is 363 g/mol. The van der Waals surface area contributed by atoms with E-state index in [1.165, 1.54) is 0 Å². The van der Waals surface area contributed by atoms with Crippen LogP contribution in [0.25, 0.3) is 0 Å². The van der Waals surface area contributed by atoms with Crippen molar-refractivity contribution in [1.82, 2.24) is 0 Å². The number of ether oxygens (including phenoxy) is 1. The Bertz CT molecular complexity index is 594. The van der Waals surface area contributed by atoms with Crippen LogP contribution in [0, 0.1) is 10.1 Å². The van der Waals surface area contributed by atoms with Gasteiger partial charge in [-0.25, -0.2) is 8.42 Å². The van der Waals surface area contributed by atoms with Crippen molar-refractivity contribution < 1.29 is 26.9 Å². The van der Waals surface area contributed by atoms with Crippen molar-refractivity contribution in [3.63, 3.8) is 0 Å². The number of nitro groups is 1. The number of hydrogen-bond acceptors (Lipinski definition) is 5. The summed E-state index contributed by atoms with van der Waals surface area (Å²) in [5.74, 6) is -1.11. The van der Waals surface area contributed by atoms with Gasteiger partial charge in [0.15, 0.2) is 0 Å². The third kappa shape index (κ3) is 3.27. The predicted molar refractivity (Wildman–Crippen MR) is 60.5 cm³/mol. The topological polar surface area (TPSA) is 86.5 Å². The highest BCUT2D eigenvalue weighted by Gasteiger charge is 2.31. The maximum atomic E-state index is 12.2. The molecule has 0 heterocycles. The highest BCUT2D eigenvalue weighted by atomic mass is 79.9. The molecule has 0 atom stereocenters. The molecule has 0 radical (unpaired) electrons. The van der Waals surface area contributed by atoms with Crippen LogP contribution in [0.4, 0.5) is 14.5 Å². The van der Waals surface area contributed by atoms with Gasteiger partial charge in [0.2, 0.25) is 5.75 Å². The van der Waals surface area contributed by atoms with Crippen LogP contribution >= 0.6 is 26.6 Å². The lowest BCUT2D eigenvalue weighted by Crippen LogP contribution is -2.08. The summed E-state index contributed by atoms with van der Waals surface area (Å²) in [4.78, 5) is 8.75. The molecule has 1 aromatic carbocycles. The van der Waals surface area contributed by atoms with Crippen molar-refractivity contribution in [1.29, 1.82) is 0 Å². The smallest absolute Gasteiger partial charge is 0.387 e. The molecule has 0 fully saturated rings. The standard InChI is InChI=1S/C7H3BrClF2NO5S/c8-3-1-2-4(18(9,15)16)6(17-7(10)11)5(3)12(13)14/h1-2,7H. The van der Waals surface area contributed by atoms with E-state index < -0.39 is 36.9 Å². The maximum Gasteiger partial charge on any atom is 0.387 e. The monoisotopic (exact) mass is 365 g/mol. The number of halogens is 4. The molecule has 100 valence electrons. The number of alkyl halides is 2. The lowest BCUT2D eigenvalue weighted by molar-refractivity contribution is -0.387. The highest BCUT2D eigenvalue weighted by Crippen LogP contribution is 2.41. The van der Waals surface area contributed by atoms with Gasteiger partial charge >= 0.3 is 12.3 Å². The second-order valence-electron chi connectivity index (χ2n) is 2.80. The van der Waals surface area contributed by atoms with Crippen LogP contribution < -0.4 is 4.74 Å². The number of benzene rings is 1. The third-order valence-electron chi connectivity index (χ3n) is 1.70. The van der Waals surface area contributed by atoms with E-state index in [-0.39, 0.29) is 4.47 Å². The molecule has 0 saturated heterocycles. The molecule has 0 spiro atoms. The van der Waals surface area contributed by atoms with Crippen LogP contribution in [0.15, 0.2) is 21.5 Å². The summed E-state index contributed by atoms with van der Waals surface area (Å²) in [5.41, 5.74) is -0.947. The van der Waals surface area contributed by atoms with Crippen molar-refractivity contribution in [2.75, 3.05) is 0 Å². The Labute approximate surface area is 112 Å². The van der Waals surface area contributed by atoms with Gasteiger partial charge in [0, 0.05) is 10.7 Å². The molecule has 6 nitrogen and oxygen atoms in total. The van der Waals surface area contributed by atoms with Gasteiger partial charge in [-0.2, -0.15) is 8.78 Å². The second-order valence-corrected chi connectivity index (χ2v) is 6.19. The molecule has 18 heavy (non-hydrogen) atoms. The lowest BCUT2D eigenvalue weighted by atomic mass is 10.3. The largest absolute Gasteiger partial charge is 0.426 e. The van der Waals surface area contributed by atoms with E-state index >= 15 is 0 Å². The minimum Gasteiger partial charge on any atom is -0.426 e. The molecule has 1 aromatic rings. The normalized spacial score (nSPS) is 11.6. The van der Waals surface area contributed by atoms with E-state index in [0.717, 1.165) is 12.1 Å². The summed E-state index contributed by atoms with van der Waals surface area (Å²) in [5, 5.41) is 10.7. The van der Waals surface area contributed by atoms with Gasteiger partial charge in [0.25, 0.3) is 9.05 Å². The van der Waals surface area contributed by atoms with E-state index in [2.05, 4.69) is 20.7 Å². The van der Waals surface area contributed by atoms with Crippen LogP contribution in [0.1, 0.15) is 0 Å². The summed E-state index contributed by atoms with van der Waals surface area (Å²) in [7, 11) is 0.522. The Morgan fingerprint density at radius 3 is 2.39 bits per heavy atom. The van der Waals surface area contributed by atoms with Gasteiger partial charge in [-0.15, -0.1) is 0 Å². The summed E-state index contributed by atoms with van der Waals surface area (Å²) in [6.45, 7) is -3.44. The quantitative estimate of drug-likeness (QED) is 0.464.